The average molecular weight is 465 g/mol. The van der Waals surface area contributed by atoms with Gasteiger partial charge in [-0.05, 0) is 37.1 Å². The SMILES string of the molecule is OC(COc1c(F)cc(Br)cc1F)Cn1c(C2CCCCC2)nc2ccccc21. The molecule has 0 saturated heterocycles. The summed E-state index contributed by atoms with van der Waals surface area (Å²) in [5.41, 5.74) is 1.85. The van der Waals surface area contributed by atoms with E-state index in [1.165, 1.54) is 19.3 Å². The third-order valence-electron chi connectivity index (χ3n) is 5.43. The molecule has 2 aromatic carbocycles. The lowest BCUT2D eigenvalue weighted by molar-refractivity contribution is 0.0880. The van der Waals surface area contributed by atoms with Crippen LogP contribution in [0.2, 0.25) is 0 Å². The zero-order valence-electron chi connectivity index (χ0n) is 16.0. The first-order valence-corrected chi connectivity index (χ1v) is 10.7. The van der Waals surface area contributed by atoms with Crippen molar-refractivity contribution in [3.63, 3.8) is 0 Å². The van der Waals surface area contributed by atoms with Crippen LogP contribution in [0.1, 0.15) is 43.8 Å². The van der Waals surface area contributed by atoms with Crippen molar-refractivity contribution in [1.82, 2.24) is 9.55 Å². The summed E-state index contributed by atoms with van der Waals surface area (Å²) in [7, 11) is 0. The van der Waals surface area contributed by atoms with Crippen molar-refractivity contribution in [1.29, 1.82) is 0 Å². The van der Waals surface area contributed by atoms with E-state index in [0.29, 0.717) is 10.4 Å². The van der Waals surface area contributed by atoms with Crippen LogP contribution in [0.5, 0.6) is 5.75 Å². The van der Waals surface area contributed by atoms with E-state index < -0.39 is 23.5 Å². The molecule has 1 aromatic heterocycles. The molecule has 4 rings (SSSR count). The Hall–Kier alpha value is -1.99. The van der Waals surface area contributed by atoms with E-state index in [1.807, 2.05) is 28.8 Å². The molecule has 1 heterocycles. The van der Waals surface area contributed by atoms with Gasteiger partial charge in [0.05, 0.1) is 17.6 Å². The number of fused-ring (bicyclic) bond motifs is 1. The molecule has 4 nitrogen and oxygen atoms in total. The number of hydrogen-bond donors (Lipinski definition) is 1. The highest BCUT2D eigenvalue weighted by molar-refractivity contribution is 9.10. The van der Waals surface area contributed by atoms with E-state index in [2.05, 4.69) is 15.9 Å². The smallest absolute Gasteiger partial charge is 0.190 e. The fraction of sp³-hybridized carbons (Fsp3) is 0.409. The van der Waals surface area contributed by atoms with Gasteiger partial charge in [-0.25, -0.2) is 13.8 Å². The Morgan fingerprint density at radius 1 is 1.14 bits per heavy atom. The van der Waals surface area contributed by atoms with Crippen LogP contribution in [0, 0.1) is 11.6 Å². The molecule has 1 aliphatic rings. The standard InChI is InChI=1S/C22H23BrF2N2O2/c23-15-10-17(24)21(18(25)11-15)29-13-16(28)12-27-20-9-5-4-8-19(20)26-22(27)14-6-2-1-3-7-14/h4-5,8-11,14,16,28H,1-3,6-7,12-13H2. The van der Waals surface area contributed by atoms with Crippen LogP contribution in [0.25, 0.3) is 11.0 Å². The van der Waals surface area contributed by atoms with Gasteiger partial charge in [0, 0.05) is 10.4 Å². The van der Waals surface area contributed by atoms with Gasteiger partial charge in [0.15, 0.2) is 17.4 Å². The molecule has 3 aromatic rings. The Bertz CT molecular complexity index is 979. The molecule has 0 amide bonds. The molecule has 29 heavy (non-hydrogen) atoms. The van der Waals surface area contributed by atoms with E-state index in [-0.39, 0.29) is 13.2 Å². The first-order chi connectivity index (χ1) is 14.0. The Labute approximate surface area is 176 Å². The van der Waals surface area contributed by atoms with Gasteiger partial charge in [-0.15, -0.1) is 0 Å². The molecule has 1 saturated carbocycles. The molecule has 1 N–H and O–H groups in total. The van der Waals surface area contributed by atoms with Crippen molar-refractivity contribution in [3.05, 3.63) is 58.3 Å². The molecular formula is C22H23BrF2N2O2. The molecule has 1 aliphatic carbocycles. The number of aliphatic hydroxyl groups is 1. The molecule has 154 valence electrons. The second kappa shape index (κ2) is 8.79. The van der Waals surface area contributed by atoms with E-state index in [0.717, 1.165) is 41.8 Å². The van der Waals surface area contributed by atoms with Crippen molar-refractivity contribution in [2.75, 3.05) is 6.61 Å². The highest BCUT2D eigenvalue weighted by Crippen LogP contribution is 2.34. The van der Waals surface area contributed by atoms with Crippen molar-refractivity contribution in [3.8, 4) is 5.75 Å². The van der Waals surface area contributed by atoms with Gasteiger partial charge in [-0.1, -0.05) is 47.3 Å². The van der Waals surface area contributed by atoms with E-state index in [9.17, 15) is 13.9 Å². The maximum Gasteiger partial charge on any atom is 0.190 e. The lowest BCUT2D eigenvalue weighted by Gasteiger charge is -2.23. The maximum atomic E-state index is 14.0. The van der Waals surface area contributed by atoms with Crippen LogP contribution in [0.15, 0.2) is 40.9 Å². The topological polar surface area (TPSA) is 47.3 Å². The van der Waals surface area contributed by atoms with Crippen LogP contribution in [0.4, 0.5) is 8.78 Å². The first-order valence-electron chi connectivity index (χ1n) is 9.93. The lowest BCUT2D eigenvalue weighted by Crippen LogP contribution is -2.26. The Morgan fingerprint density at radius 3 is 2.55 bits per heavy atom. The minimum Gasteiger partial charge on any atom is -0.485 e. The number of halogens is 3. The molecule has 1 fully saturated rings. The number of ether oxygens (including phenoxy) is 1. The maximum absolute atomic E-state index is 14.0. The highest BCUT2D eigenvalue weighted by atomic mass is 79.9. The second-order valence-electron chi connectivity index (χ2n) is 7.57. The third-order valence-corrected chi connectivity index (χ3v) is 5.89. The van der Waals surface area contributed by atoms with Gasteiger partial charge in [0.25, 0.3) is 0 Å². The molecule has 1 unspecified atom stereocenters. The molecular weight excluding hydrogens is 442 g/mol. The van der Waals surface area contributed by atoms with Crippen molar-refractivity contribution >= 4 is 27.0 Å². The number of para-hydroxylation sites is 2. The molecule has 0 aliphatic heterocycles. The Balaban J connectivity index is 1.54. The monoisotopic (exact) mass is 464 g/mol. The zero-order chi connectivity index (χ0) is 20.4. The quantitative estimate of drug-likeness (QED) is 0.518. The molecule has 0 radical (unpaired) electrons. The van der Waals surface area contributed by atoms with Crippen LogP contribution in [-0.4, -0.2) is 27.4 Å². The minimum atomic E-state index is -0.933. The zero-order valence-corrected chi connectivity index (χ0v) is 17.5. The van der Waals surface area contributed by atoms with E-state index >= 15 is 0 Å². The summed E-state index contributed by atoms with van der Waals surface area (Å²) in [6, 6.07) is 10.1. The summed E-state index contributed by atoms with van der Waals surface area (Å²) < 4.78 is 35.5. The molecule has 1 atom stereocenters. The number of aromatic nitrogens is 2. The van der Waals surface area contributed by atoms with Crippen LogP contribution < -0.4 is 4.74 Å². The predicted molar refractivity (Wildman–Crippen MR) is 111 cm³/mol. The van der Waals surface area contributed by atoms with Gasteiger partial charge >= 0.3 is 0 Å². The normalized spacial score (nSPS) is 16.3. The largest absolute Gasteiger partial charge is 0.485 e. The number of benzene rings is 2. The number of rotatable bonds is 6. The van der Waals surface area contributed by atoms with Crippen molar-refractivity contribution in [2.24, 2.45) is 0 Å². The van der Waals surface area contributed by atoms with Gasteiger partial charge in [0.2, 0.25) is 0 Å². The average Bonchev–Trinajstić information content (AvgIpc) is 3.06. The fourth-order valence-electron chi connectivity index (χ4n) is 4.07. The van der Waals surface area contributed by atoms with E-state index in [4.69, 9.17) is 9.72 Å². The first kappa shape index (κ1) is 20.3. The summed E-state index contributed by atoms with van der Waals surface area (Å²) in [5.74, 6) is -0.744. The number of imidazole rings is 1. The lowest BCUT2D eigenvalue weighted by atomic mass is 9.88. The summed E-state index contributed by atoms with van der Waals surface area (Å²) in [4.78, 5) is 4.83. The Morgan fingerprint density at radius 2 is 1.83 bits per heavy atom. The number of nitrogens with zero attached hydrogens (tertiary/aromatic N) is 2. The van der Waals surface area contributed by atoms with Gasteiger partial charge in [-0.3, -0.25) is 0 Å². The fourth-order valence-corrected chi connectivity index (χ4v) is 4.47. The highest BCUT2D eigenvalue weighted by Gasteiger charge is 2.24. The summed E-state index contributed by atoms with van der Waals surface area (Å²) in [5, 5.41) is 10.6. The second-order valence-corrected chi connectivity index (χ2v) is 8.48. The van der Waals surface area contributed by atoms with Crippen LogP contribution >= 0.6 is 15.9 Å². The van der Waals surface area contributed by atoms with E-state index in [1.54, 1.807) is 0 Å². The van der Waals surface area contributed by atoms with Crippen molar-refractivity contribution < 1.29 is 18.6 Å². The van der Waals surface area contributed by atoms with Crippen molar-refractivity contribution in [2.45, 2.75) is 50.7 Å². The van der Waals surface area contributed by atoms with Gasteiger partial charge in [0.1, 0.15) is 18.5 Å². The summed E-state index contributed by atoms with van der Waals surface area (Å²) in [6.45, 7) is 0.0399. The van der Waals surface area contributed by atoms with Crippen LogP contribution in [0.3, 0.4) is 0 Å². The summed E-state index contributed by atoms with van der Waals surface area (Å²) in [6.07, 6.45) is 4.86. The number of aliphatic hydroxyl groups excluding tert-OH is 1. The predicted octanol–water partition coefficient (Wildman–Crippen LogP) is 5.56. The number of hydrogen-bond acceptors (Lipinski definition) is 3. The van der Waals surface area contributed by atoms with Crippen LogP contribution in [-0.2, 0) is 6.54 Å². The summed E-state index contributed by atoms with van der Waals surface area (Å²) >= 11 is 3.04. The molecule has 0 bridgehead atoms. The third kappa shape index (κ3) is 4.46. The molecule has 7 heteroatoms. The Kier molecular flexibility index (Phi) is 6.15. The van der Waals surface area contributed by atoms with Gasteiger partial charge < -0.3 is 14.4 Å². The van der Waals surface area contributed by atoms with Gasteiger partial charge in [-0.2, -0.15) is 0 Å². The molecule has 0 spiro atoms. The minimum absolute atomic E-state index is 0.216.